The number of rotatable bonds is 5. The maximum absolute atomic E-state index is 12.9. The zero-order chi connectivity index (χ0) is 18.9. The van der Waals surface area contributed by atoms with Crippen LogP contribution in [-0.2, 0) is 14.8 Å². The van der Waals surface area contributed by atoms with E-state index in [-0.39, 0.29) is 11.9 Å². The molecule has 26 heavy (non-hydrogen) atoms. The van der Waals surface area contributed by atoms with E-state index in [1.807, 2.05) is 0 Å². The second kappa shape index (κ2) is 6.84. The minimum absolute atomic E-state index is 0.0805. The van der Waals surface area contributed by atoms with Crippen LogP contribution in [0.4, 0.5) is 14.9 Å². The van der Waals surface area contributed by atoms with Crippen molar-refractivity contribution in [1.82, 2.24) is 14.9 Å². The highest BCUT2D eigenvalue weighted by Gasteiger charge is 2.46. The number of amides is 3. The number of halogens is 1. The zero-order valence-electron chi connectivity index (χ0n) is 14.3. The number of hydrogen-bond acceptors (Lipinski definition) is 5. The number of urea groups is 1. The fourth-order valence-electron chi connectivity index (χ4n) is 3.20. The Balaban J connectivity index is 1.57. The smallest absolute Gasteiger partial charge is 0.322 e. The number of carbonyl (C=O) groups excluding carboxylic acids is 2. The summed E-state index contributed by atoms with van der Waals surface area (Å²) in [6.45, 7) is 2.02. The number of anilines is 1. The number of benzene rings is 1. The number of carbonyl (C=O) groups is 2. The molecule has 2 aliphatic rings. The van der Waals surface area contributed by atoms with Crippen molar-refractivity contribution in [2.75, 3.05) is 24.2 Å². The highest BCUT2D eigenvalue weighted by atomic mass is 32.2. The Kier molecular flexibility index (Phi) is 4.89. The summed E-state index contributed by atoms with van der Waals surface area (Å²) >= 11 is 0. The molecule has 2 heterocycles. The number of nitrogens with zero attached hydrogens (tertiary/aromatic N) is 1. The van der Waals surface area contributed by atoms with Crippen LogP contribution in [0.5, 0.6) is 0 Å². The van der Waals surface area contributed by atoms with Crippen molar-refractivity contribution in [2.45, 2.75) is 31.3 Å². The minimum Gasteiger partial charge on any atom is -0.382 e. The van der Waals surface area contributed by atoms with Crippen molar-refractivity contribution in [3.8, 4) is 0 Å². The molecule has 2 saturated heterocycles. The normalized spacial score (nSPS) is 25.0. The molecule has 2 aliphatic heterocycles. The lowest BCUT2D eigenvalue weighted by Crippen LogP contribution is -2.53. The van der Waals surface area contributed by atoms with Crippen molar-refractivity contribution >= 4 is 27.6 Å². The molecule has 3 N–H and O–H groups in total. The molecule has 1 aromatic carbocycles. The number of hydrogen-bond donors (Lipinski definition) is 3. The van der Waals surface area contributed by atoms with Crippen LogP contribution in [0, 0.1) is 5.82 Å². The van der Waals surface area contributed by atoms with Gasteiger partial charge in [-0.2, -0.15) is 0 Å². The van der Waals surface area contributed by atoms with Crippen LogP contribution in [0.3, 0.4) is 0 Å². The molecular weight excluding hydrogens is 363 g/mol. The molecule has 0 aliphatic carbocycles. The molecule has 1 unspecified atom stereocenters. The van der Waals surface area contributed by atoms with Crippen molar-refractivity contribution < 1.29 is 22.4 Å². The van der Waals surface area contributed by atoms with Gasteiger partial charge in [-0.1, -0.05) is 0 Å². The third-order valence-corrected chi connectivity index (χ3v) is 6.75. The molecular formula is C16H21FN4O4S. The van der Waals surface area contributed by atoms with Gasteiger partial charge in [0.2, 0.25) is 10.0 Å². The standard InChI is InChI=1S/C16H21FN4O4S/c1-16(14(22)19-15(23)20-16)10-26(24,25)21-8-6-13(7-9-21)18-12-4-2-11(17)3-5-12/h2-5,13,18H,6-10H2,1H3,(H2,19,20,22,23). The van der Waals surface area contributed by atoms with Gasteiger partial charge >= 0.3 is 6.03 Å². The maximum Gasteiger partial charge on any atom is 0.322 e. The molecule has 0 spiro atoms. The van der Waals surface area contributed by atoms with Crippen molar-refractivity contribution in [2.24, 2.45) is 0 Å². The summed E-state index contributed by atoms with van der Waals surface area (Å²) in [6.07, 6.45) is 1.18. The molecule has 1 aromatic rings. The van der Waals surface area contributed by atoms with Crippen LogP contribution in [0.15, 0.2) is 24.3 Å². The molecule has 0 aromatic heterocycles. The first-order valence-electron chi connectivity index (χ1n) is 8.31. The number of imide groups is 1. The lowest BCUT2D eigenvalue weighted by atomic mass is 10.1. The molecule has 0 bridgehead atoms. The molecule has 8 nitrogen and oxygen atoms in total. The molecule has 3 rings (SSSR count). The summed E-state index contributed by atoms with van der Waals surface area (Å²) in [7, 11) is -3.70. The summed E-state index contributed by atoms with van der Waals surface area (Å²) < 4.78 is 39.6. The highest BCUT2D eigenvalue weighted by Crippen LogP contribution is 2.22. The quantitative estimate of drug-likeness (QED) is 0.646. The van der Waals surface area contributed by atoms with Gasteiger partial charge in [0.1, 0.15) is 11.4 Å². The summed E-state index contributed by atoms with van der Waals surface area (Å²) in [5.74, 6) is -1.43. The third kappa shape index (κ3) is 3.96. The van der Waals surface area contributed by atoms with Gasteiger partial charge in [0, 0.05) is 24.8 Å². The summed E-state index contributed by atoms with van der Waals surface area (Å²) in [5.41, 5.74) is -0.676. The highest BCUT2D eigenvalue weighted by molar-refractivity contribution is 7.89. The Labute approximate surface area is 151 Å². The van der Waals surface area contributed by atoms with Gasteiger partial charge in [-0.3, -0.25) is 10.1 Å². The Morgan fingerprint density at radius 3 is 2.38 bits per heavy atom. The maximum atomic E-state index is 12.9. The summed E-state index contributed by atoms with van der Waals surface area (Å²) in [5, 5.41) is 7.70. The van der Waals surface area contributed by atoms with Crippen LogP contribution in [0.1, 0.15) is 19.8 Å². The predicted molar refractivity (Wildman–Crippen MR) is 93.5 cm³/mol. The molecule has 0 saturated carbocycles. The lowest BCUT2D eigenvalue weighted by molar-refractivity contribution is -0.122. The summed E-state index contributed by atoms with van der Waals surface area (Å²) in [6, 6.07) is 5.40. The Morgan fingerprint density at radius 2 is 1.85 bits per heavy atom. The van der Waals surface area contributed by atoms with Gasteiger partial charge in [-0.25, -0.2) is 21.9 Å². The van der Waals surface area contributed by atoms with Crippen LogP contribution in [-0.4, -0.2) is 55.1 Å². The van der Waals surface area contributed by atoms with Crippen molar-refractivity contribution in [3.05, 3.63) is 30.1 Å². The number of piperidine rings is 1. The van der Waals surface area contributed by atoms with Crippen LogP contribution in [0.2, 0.25) is 0 Å². The average Bonchev–Trinajstić information content (AvgIpc) is 2.81. The van der Waals surface area contributed by atoms with E-state index >= 15 is 0 Å². The molecule has 3 amide bonds. The Morgan fingerprint density at radius 1 is 1.23 bits per heavy atom. The Hall–Kier alpha value is -2.20. The van der Waals surface area contributed by atoms with E-state index in [9.17, 15) is 22.4 Å². The molecule has 0 radical (unpaired) electrons. The van der Waals surface area contributed by atoms with E-state index in [2.05, 4.69) is 16.0 Å². The molecule has 10 heteroatoms. The first kappa shape index (κ1) is 18.6. The Bertz CT molecular complexity index is 806. The lowest BCUT2D eigenvalue weighted by Gasteiger charge is -2.33. The average molecular weight is 384 g/mol. The number of nitrogens with one attached hydrogen (secondary N) is 3. The van der Waals surface area contributed by atoms with Gasteiger partial charge in [-0.15, -0.1) is 0 Å². The van der Waals surface area contributed by atoms with Crippen molar-refractivity contribution in [1.29, 1.82) is 0 Å². The minimum atomic E-state index is -3.70. The van der Waals surface area contributed by atoms with Gasteiger partial charge in [0.05, 0.1) is 5.75 Å². The zero-order valence-corrected chi connectivity index (χ0v) is 15.1. The fraction of sp³-hybridized carbons (Fsp3) is 0.500. The second-order valence-corrected chi connectivity index (χ2v) is 8.79. The van der Waals surface area contributed by atoms with Gasteiger partial charge in [0.25, 0.3) is 5.91 Å². The van der Waals surface area contributed by atoms with E-state index in [1.54, 1.807) is 12.1 Å². The van der Waals surface area contributed by atoms with Crippen LogP contribution < -0.4 is 16.0 Å². The van der Waals surface area contributed by atoms with E-state index < -0.39 is 33.3 Å². The molecule has 1 atom stereocenters. The van der Waals surface area contributed by atoms with Crippen LogP contribution >= 0.6 is 0 Å². The van der Waals surface area contributed by atoms with E-state index in [0.717, 1.165) is 5.69 Å². The van der Waals surface area contributed by atoms with Crippen molar-refractivity contribution in [3.63, 3.8) is 0 Å². The predicted octanol–water partition coefficient (Wildman–Crippen LogP) is 0.630. The summed E-state index contributed by atoms with van der Waals surface area (Å²) in [4.78, 5) is 23.1. The first-order valence-corrected chi connectivity index (χ1v) is 9.92. The van der Waals surface area contributed by atoms with Crippen LogP contribution in [0.25, 0.3) is 0 Å². The second-order valence-electron chi connectivity index (χ2n) is 6.82. The van der Waals surface area contributed by atoms with E-state index in [4.69, 9.17) is 0 Å². The van der Waals surface area contributed by atoms with E-state index in [1.165, 1.54) is 23.4 Å². The fourth-order valence-corrected chi connectivity index (χ4v) is 5.08. The molecule has 142 valence electrons. The molecule has 2 fully saturated rings. The van der Waals surface area contributed by atoms with Gasteiger partial charge in [-0.05, 0) is 44.0 Å². The topological polar surface area (TPSA) is 108 Å². The van der Waals surface area contributed by atoms with E-state index in [0.29, 0.717) is 25.9 Å². The third-order valence-electron chi connectivity index (χ3n) is 4.65. The SMILES string of the molecule is CC1(CS(=O)(=O)N2CCC(Nc3ccc(F)cc3)CC2)NC(=O)NC1=O. The van der Waals surface area contributed by atoms with Gasteiger partial charge < -0.3 is 10.6 Å². The van der Waals surface area contributed by atoms with Gasteiger partial charge in [0.15, 0.2) is 0 Å². The number of sulfonamides is 1. The first-order chi connectivity index (χ1) is 12.2. The monoisotopic (exact) mass is 384 g/mol. The largest absolute Gasteiger partial charge is 0.382 e.